The third-order valence-electron chi connectivity index (χ3n) is 4.07. The van der Waals surface area contributed by atoms with E-state index in [1.165, 1.54) is 0 Å². The third kappa shape index (κ3) is 2.03. The van der Waals surface area contributed by atoms with E-state index in [4.69, 9.17) is 9.15 Å². The molecule has 0 saturated heterocycles. The number of benzene rings is 2. The Bertz CT molecular complexity index is 1020. The van der Waals surface area contributed by atoms with Gasteiger partial charge in [-0.05, 0) is 30.3 Å². The number of aromatic nitrogens is 1. The number of nitrogens with zero attached hydrogens (tertiary/aromatic N) is 1. The van der Waals surface area contributed by atoms with Crippen molar-refractivity contribution in [1.29, 1.82) is 0 Å². The molecule has 0 fully saturated rings. The molecule has 0 spiro atoms. The number of methoxy groups -OCH3 is 1. The molecule has 0 aliphatic heterocycles. The van der Waals surface area contributed by atoms with E-state index < -0.39 is 0 Å². The first-order valence-electron chi connectivity index (χ1n) is 7.38. The van der Waals surface area contributed by atoms with Gasteiger partial charge in [-0.25, -0.2) is 0 Å². The van der Waals surface area contributed by atoms with Crippen LogP contribution < -0.4 is 9.47 Å². The normalized spacial score (nSPS) is 11.2. The lowest BCUT2D eigenvalue weighted by molar-refractivity contribution is -0.599. The number of furan rings is 1. The predicted molar refractivity (Wildman–Crippen MR) is 89.4 cm³/mol. The number of fused-ring (bicyclic) bond motifs is 3. The fourth-order valence-corrected chi connectivity index (χ4v) is 2.95. The third-order valence-corrected chi connectivity index (χ3v) is 4.07. The second-order valence-corrected chi connectivity index (χ2v) is 5.50. The minimum absolute atomic E-state index is 0.599. The van der Waals surface area contributed by atoms with Gasteiger partial charge in [0.2, 0.25) is 5.69 Å². The quantitative estimate of drug-likeness (QED) is 0.412. The number of pyridine rings is 1. The van der Waals surface area contributed by atoms with E-state index in [9.17, 15) is 5.21 Å². The number of ether oxygens (including phenoxy) is 1. The molecule has 2 aromatic heterocycles. The lowest BCUT2D eigenvalue weighted by Gasteiger charge is -2.08. The van der Waals surface area contributed by atoms with Crippen LogP contribution in [0.3, 0.4) is 0 Å². The molecule has 4 aromatic rings. The van der Waals surface area contributed by atoms with E-state index in [0.717, 1.165) is 32.4 Å². The number of aryl methyl sites for hydroxylation is 1. The minimum Gasteiger partial charge on any atom is -0.618 e. The van der Waals surface area contributed by atoms with Crippen molar-refractivity contribution in [3.05, 3.63) is 65.5 Å². The van der Waals surface area contributed by atoms with Gasteiger partial charge >= 0.3 is 0 Å². The van der Waals surface area contributed by atoms with Gasteiger partial charge in [0, 0.05) is 23.9 Å². The van der Waals surface area contributed by atoms with Crippen LogP contribution in [0.5, 0.6) is 5.75 Å². The Kier molecular flexibility index (Phi) is 2.98. The van der Waals surface area contributed by atoms with Gasteiger partial charge in [-0.1, -0.05) is 18.2 Å². The molecular weight excluding hydrogens is 290 g/mol. The van der Waals surface area contributed by atoms with Gasteiger partial charge in [0.15, 0.2) is 5.69 Å². The van der Waals surface area contributed by atoms with Gasteiger partial charge < -0.3 is 14.4 Å². The maximum Gasteiger partial charge on any atom is 0.235 e. The average molecular weight is 305 g/mol. The molecule has 0 amide bonds. The van der Waals surface area contributed by atoms with Crippen molar-refractivity contribution in [2.45, 2.75) is 6.92 Å². The molecule has 0 atom stereocenters. The highest BCUT2D eigenvalue weighted by atomic mass is 16.5. The van der Waals surface area contributed by atoms with Crippen LogP contribution in [0.15, 0.2) is 59.0 Å². The summed E-state index contributed by atoms with van der Waals surface area (Å²) in [6, 6.07) is 17.0. The SMILES string of the molecule is COc1ccc2oc3cc(C)[n+]([O-])c(-c4ccccc4)c3c2c1. The average Bonchev–Trinajstić information content (AvgIpc) is 2.93. The highest BCUT2D eigenvalue weighted by Crippen LogP contribution is 2.36. The highest BCUT2D eigenvalue weighted by molar-refractivity contribution is 6.11. The maximum atomic E-state index is 12.7. The van der Waals surface area contributed by atoms with Gasteiger partial charge in [-0.2, -0.15) is 4.73 Å². The summed E-state index contributed by atoms with van der Waals surface area (Å²) >= 11 is 0. The zero-order valence-corrected chi connectivity index (χ0v) is 12.9. The smallest absolute Gasteiger partial charge is 0.235 e. The van der Waals surface area contributed by atoms with E-state index in [-0.39, 0.29) is 0 Å². The Hall–Kier alpha value is -3.01. The summed E-state index contributed by atoms with van der Waals surface area (Å²) in [5.41, 5.74) is 3.51. The van der Waals surface area contributed by atoms with Crippen LogP contribution in [0.2, 0.25) is 0 Å². The van der Waals surface area contributed by atoms with Crippen molar-refractivity contribution < 1.29 is 13.9 Å². The van der Waals surface area contributed by atoms with E-state index >= 15 is 0 Å². The molecule has 2 heterocycles. The van der Waals surface area contributed by atoms with Crippen molar-refractivity contribution in [2.75, 3.05) is 7.11 Å². The van der Waals surface area contributed by atoms with Crippen molar-refractivity contribution in [3.8, 4) is 17.0 Å². The second kappa shape index (κ2) is 5.02. The molecule has 0 aliphatic carbocycles. The molecule has 0 unspecified atom stereocenters. The Balaban J connectivity index is 2.20. The van der Waals surface area contributed by atoms with Gasteiger partial charge in [0.05, 0.1) is 7.11 Å². The molecule has 114 valence electrons. The fraction of sp³-hybridized carbons (Fsp3) is 0.105. The molecule has 0 bridgehead atoms. The van der Waals surface area contributed by atoms with E-state index in [1.54, 1.807) is 20.1 Å². The Morgan fingerprint density at radius 1 is 1.00 bits per heavy atom. The molecule has 2 aromatic carbocycles. The lowest BCUT2D eigenvalue weighted by atomic mass is 10.0. The van der Waals surface area contributed by atoms with Crippen LogP contribution in [0.1, 0.15) is 5.69 Å². The summed E-state index contributed by atoms with van der Waals surface area (Å²) in [7, 11) is 1.62. The summed E-state index contributed by atoms with van der Waals surface area (Å²) in [6.07, 6.45) is 0. The van der Waals surface area contributed by atoms with Crippen LogP contribution in [-0.4, -0.2) is 7.11 Å². The summed E-state index contributed by atoms with van der Waals surface area (Å²) in [4.78, 5) is 0. The van der Waals surface area contributed by atoms with Crippen molar-refractivity contribution >= 4 is 21.9 Å². The van der Waals surface area contributed by atoms with Gasteiger partial charge in [-0.3, -0.25) is 0 Å². The predicted octanol–water partition coefficient (Wildman–Crippen LogP) is 4.20. The van der Waals surface area contributed by atoms with Crippen LogP contribution in [-0.2, 0) is 0 Å². The molecule has 0 radical (unpaired) electrons. The zero-order chi connectivity index (χ0) is 16.0. The molecule has 4 nitrogen and oxygen atoms in total. The second-order valence-electron chi connectivity index (χ2n) is 5.50. The topological polar surface area (TPSA) is 49.3 Å². The molecule has 23 heavy (non-hydrogen) atoms. The molecular formula is C19H15NO3. The molecule has 0 N–H and O–H groups in total. The Morgan fingerprint density at radius 3 is 2.52 bits per heavy atom. The first kappa shape index (κ1) is 13.6. The van der Waals surface area contributed by atoms with Gasteiger partial charge in [0.25, 0.3) is 0 Å². The summed E-state index contributed by atoms with van der Waals surface area (Å²) in [5.74, 6) is 0.734. The lowest BCUT2D eigenvalue weighted by Crippen LogP contribution is -2.32. The van der Waals surface area contributed by atoms with Gasteiger partial charge in [0.1, 0.15) is 22.3 Å². The maximum absolute atomic E-state index is 12.7. The van der Waals surface area contributed by atoms with E-state index in [0.29, 0.717) is 17.0 Å². The van der Waals surface area contributed by atoms with Crippen molar-refractivity contribution in [3.63, 3.8) is 0 Å². The standard InChI is InChI=1S/C19H15NO3/c1-12-10-17-18(15-11-14(22-2)8-9-16(15)23-17)19(20(12)21)13-6-4-3-5-7-13/h3-11H,1-2H3. The first-order valence-corrected chi connectivity index (χ1v) is 7.38. The molecule has 4 rings (SSSR count). The van der Waals surface area contributed by atoms with Crippen LogP contribution in [0.25, 0.3) is 33.2 Å². The summed E-state index contributed by atoms with van der Waals surface area (Å²) in [5, 5.41) is 14.4. The minimum atomic E-state index is 0.599. The largest absolute Gasteiger partial charge is 0.618 e. The fourth-order valence-electron chi connectivity index (χ4n) is 2.95. The molecule has 0 saturated carbocycles. The monoisotopic (exact) mass is 305 g/mol. The van der Waals surface area contributed by atoms with Crippen molar-refractivity contribution in [1.82, 2.24) is 0 Å². The number of hydrogen-bond acceptors (Lipinski definition) is 3. The summed E-state index contributed by atoms with van der Waals surface area (Å²) in [6.45, 7) is 1.78. The van der Waals surface area contributed by atoms with E-state index in [2.05, 4.69) is 0 Å². The molecule has 0 aliphatic rings. The van der Waals surface area contributed by atoms with Gasteiger partial charge in [-0.15, -0.1) is 0 Å². The van der Waals surface area contributed by atoms with Crippen molar-refractivity contribution in [2.24, 2.45) is 0 Å². The van der Waals surface area contributed by atoms with Crippen LogP contribution in [0, 0.1) is 12.1 Å². The zero-order valence-electron chi connectivity index (χ0n) is 12.9. The highest BCUT2D eigenvalue weighted by Gasteiger charge is 2.22. The summed E-state index contributed by atoms with van der Waals surface area (Å²) < 4.78 is 12.2. The first-order chi connectivity index (χ1) is 11.2. The Morgan fingerprint density at radius 2 is 1.78 bits per heavy atom. The Labute approximate surface area is 133 Å². The van der Waals surface area contributed by atoms with E-state index in [1.807, 2.05) is 48.5 Å². The molecule has 4 heteroatoms. The van der Waals surface area contributed by atoms with Crippen LogP contribution >= 0.6 is 0 Å². The number of hydrogen-bond donors (Lipinski definition) is 0. The number of rotatable bonds is 2. The van der Waals surface area contributed by atoms with Crippen LogP contribution in [0.4, 0.5) is 0 Å².